The van der Waals surface area contributed by atoms with Crippen molar-refractivity contribution < 1.29 is 4.79 Å². The van der Waals surface area contributed by atoms with Crippen molar-refractivity contribution in [2.75, 3.05) is 18.0 Å². The van der Waals surface area contributed by atoms with Gasteiger partial charge in [-0.3, -0.25) is 4.79 Å². The molecule has 2 aromatic rings. The Labute approximate surface area is 144 Å². The Morgan fingerprint density at radius 1 is 1.04 bits per heavy atom. The normalized spacial score (nSPS) is 14.3. The highest BCUT2D eigenvalue weighted by Gasteiger charge is 2.11. The number of hydrogen-bond donors (Lipinski definition) is 1. The highest BCUT2D eigenvalue weighted by molar-refractivity contribution is 5.91. The van der Waals surface area contributed by atoms with E-state index >= 15 is 0 Å². The Morgan fingerprint density at radius 2 is 1.71 bits per heavy atom. The summed E-state index contributed by atoms with van der Waals surface area (Å²) in [5, 5.41) is 2.93. The minimum absolute atomic E-state index is 0.0702. The van der Waals surface area contributed by atoms with Gasteiger partial charge < -0.3 is 10.2 Å². The zero-order valence-corrected chi connectivity index (χ0v) is 14.2. The monoisotopic (exact) mass is 320 g/mol. The number of hydrogen-bond acceptors (Lipinski definition) is 2. The molecule has 1 heterocycles. The number of benzene rings is 2. The van der Waals surface area contributed by atoms with Gasteiger partial charge in [-0.15, -0.1) is 0 Å². The van der Waals surface area contributed by atoms with Crippen LogP contribution < -0.4 is 10.2 Å². The largest absolute Gasteiger partial charge is 0.372 e. The lowest BCUT2D eigenvalue weighted by atomic mass is 10.1. The maximum absolute atomic E-state index is 11.9. The third-order valence-corrected chi connectivity index (χ3v) is 4.38. The topological polar surface area (TPSA) is 32.3 Å². The minimum Gasteiger partial charge on any atom is -0.372 e. The second kappa shape index (κ2) is 7.82. The fraction of sp³-hybridized carbons (Fsp3) is 0.286. The summed E-state index contributed by atoms with van der Waals surface area (Å²) in [5.41, 5.74) is 4.65. The molecule has 0 atom stereocenters. The van der Waals surface area contributed by atoms with Crippen LogP contribution >= 0.6 is 0 Å². The molecule has 1 saturated heterocycles. The van der Waals surface area contributed by atoms with Crippen molar-refractivity contribution in [2.45, 2.75) is 26.3 Å². The van der Waals surface area contributed by atoms with E-state index in [2.05, 4.69) is 41.4 Å². The molecule has 0 bridgehead atoms. The zero-order valence-electron chi connectivity index (χ0n) is 14.2. The number of amides is 1. The van der Waals surface area contributed by atoms with E-state index in [-0.39, 0.29) is 5.91 Å². The average molecular weight is 320 g/mol. The van der Waals surface area contributed by atoms with Crippen molar-refractivity contribution >= 4 is 17.7 Å². The van der Waals surface area contributed by atoms with Gasteiger partial charge in [-0.25, -0.2) is 0 Å². The van der Waals surface area contributed by atoms with E-state index in [1.807, 2.05) is 30.3 Å². The number of nitrogens with one attached hydrogen (secondary N) is 1. The maximum Gasteiger partial charge on any atom is 0.244 e. The van der Waals surface area contributed by atoms with Gasteiger partial charge in [0.15, 0.2) is 0 Å². The molecule has 3 heteroatoms. The second-order valence-corrected chi connectivity index (χ2v) is 6.32. The van der Waals surface area contributed by atoms with Gasteiger partial charge in [0.05, 0.1) is 0 Å². The Bertz CT molecular complexity index is 696. The molecule has 1 aliphatic rings. The number of carbonyl (C=O) groups is 1. The Morgan fingerprint density at radius 3 is 2.38 bits per heavy atom. The number of anilines is 1. The molecule has 0 unspecified atom stereocenters. The van der Waals surface area contributed by atoms with Crippen LogP contribution in [0.4, 0.5) is 5.69 Å². The van der Waals surface area contributed by atoms with Crippen LogP contribution in [0.1, 0.15) is 29.5 Å². The van der Waals surface area contributed by atoms with E-state index in [0.29, 0.717) is 6.54 Å². The van der Waals surface area contributed by atoms with Gasteiger partial charge in [-0.2, -0.15) is 0 Å². The smallest absolute Gasteiger partial charge is 0.244 e. The maximum atomic E-state index is 11.9. The Kier molecular flexibility index (Phi) is 5.32. The van der Waals surface area contributed by atoms with E-state index in [1.165, 1.54) is 24.1 Å². The van der Waals surface area contributed by atoms with Gasteiger partial charge in [0.1, 0.15) is 0 Å². The van der Waals surface area contributed by atoms with Crippen molar-refractivity contribution in [3.05, 3.63) is 71.3 Å². The van der Waals surface area contributed by atoms with Crippen LogP contribution in [0.5, 0.6) is 0 Å². The van der Waals surface area contributed by atoms with E-state index in [9.17, 15) is 4.79 Å². The quantitative estimate of drug-likeness (QED) is 0.847. The molecule has 1 N–H and O–H groups in total. The first kappa shape index (κ1) is 16.3. The molecule has 1 aliphatic heterocycles. The van der Waals surface area contributed by atoms with E-state index in [4.69, 9.17) is 0 Å². The lowest BCUT2D eigenvalue weighted by molar-refractivity contribution is -0.116. The molecule has 0 aromatic heterocycles. The standard InChI is InChI=1S/C21H24N2O/c1-17-4-6-18(7-5-17)10-13-21(24)22-16-19-8-11-20(12-9-19)23-14-2-3-15-23/h4-13H,2-3,14-16H2,1H3,(H,22,24)/b13-10+. The summed E-state index contributed by atoms with van der Waals surface area (Å²) in [6.07, 6.45) is 5.99. The van der Waals surface area contributed by atoms with Crippen LogP contribution in [-0.4, -0.2) is 19.0 Å². The van der Waals surface area contributed by atoms with Gasteiger partial charge >= 0.3 is 0 Å². The first-order valence-corrected chi connectivity index (χ1v) is 8.57. The van der Waals surface area contributed by atoms with Gasteiger partial charge in [0.25, 0.3) is 0 Å². The van der Waals surface area contributed by atoms with Crippen LogP contribution in [0.2, 0.25) is 0 Å². The molecule has 0 saturated carbocycles. The second-order valence-electron chi connectivity index (χ2n) is 6.32. The molecule has 1 fully saturated rings. The fourth-order valence-corrected chi connectivity index (χ4v) is 2.90. The highest BCUT2D eigenvalue weighted by atomic mass is 16.1. The molecular formula is C21H24N2O. The van der Waals surface area contributed by atoms with Crippen molar-refractivity contribution in [3.63, 3.8) is 0 Å². The zero-order chi connectivity index (χ0) is 16.8. The summed E-state index contributed by atoms with van der Waals surface area (Å²) in [6.45, 7) is 4.91. The number of rotatable bonds is 5. The van der Waals surface area contributed by atoms with Crippen LogP contribution in [0, 0.1) is 6.92 Å². The lowest BCUT2D eigenvalue weighted by Crippen LogP contribution is -2.20. The fourth-order valence-electron chi connectivity index (χ4n) is 2.90. The summed E-state index contributed by atoms with van der Waals surface area (Å²) in [7, 11) is 0. The molecule has 0 aliphatic carbocycles. The van der Waals surface area contributed by atoms with Crippen molar-refractivity contribution in [2.24, 2.45) is 0 Å². The summed E-state index contributed by atoms with van der Waals surface area (Å²) in [5.74, 6) is -0.0702. The van der Waals surface area contributed by atoms with Gasteiger partial charge in [-0.1, -0.05) is 42.0 Å². The highest BCUT2D eigenvalue weighted by Crippen LogP contribution is 2.20. The molecular weight excluding hydrogens is 296 g/mol. The lowest BCUT2D eigenvalue weighted by Gasteiger charge is -2.17. The molecule has 0 radical (unpaired) electrons. The predicted octanol–water partition coefficient (Wildman–Crippen LogP) is 3.92. The Balaban J connectivity index is 1.49. The molecule has 3 rings (SSSR count). The molecule has 2 aromatic carbocycles. The minimum atomic E-state index is -0.0702. The molecule has 3 nitrogen and oxygen atoms in total. The van der Waals surface area contributed by atoms with Crippen molar-refractivity contribution in [1.29, 1.82) is 0 Å². The van der Waals surface area contributed by atoms with E-state index in [1.54, 1.807) is 6.08 Å². The molecule has 124 valence electrons. The third kappa shape index (κ3) is 4.48. The van der Waals surface area contributed by atoms with Crippen LogP contribution in [0.25, 0.3) is 6.08 Å². The Hall–Kier alpha value is -2.55. The first-order chi connectivity index (χ1) is 11.7. The van der Waals surface area contributed by atoms with E-state index < -0.39 is 0 Å². The van der Waals surface area contributed by atoms with Gasteiger partial charge in [-0.05, 0) is 49.1 Å². The van der Waals surface area contributed by atoms with Crippen LogP contribution in [0.3, 0.4) is 0 Å². The summed E-state index contributed by atoms with van der Waals surface area (Å²) in [4.78, 5) is 14.3. The summed E-state index contributed by atoms with van der Waals surface area (Å²) < 4.78 is 0. The first-order valence-electron chi connectivity index (χ1n) is 8.57. The number of carbonyl (C=O) groups excluding carboxylic acids is 1. The number of aryl methyl sites for hydroxylation is 1. The SMILES string of the molecule is Cc1ccc(/C=C/C(=O)NCc2ccc(N3CCCC3)cc2)cc1. The average Bonchev–Trinajstić information content (AvgIpc) is 3.14. The van der Waals surface area contributed by atoms with Crippen LogP contribution in [-0.2, 0) is 11.3 Å². The predicted molar refractivity (Wildman–Crippen MR) is 99.9 cm³/mol. The molecule has 24 heavy (non-hydrogen) atoms. The molecule has 1 amide bonds. The van der Waals surface area contributed by atoms with Crippen LogP contribution in [0.15, 0.2) is 54.6 Å². The van der Waals surface area contributed by atoms with Crippen molar-refractivity contribution in [1.82, 2.24) is 5.32 Å². The molecule has 0 spiro atoms. The van der Waals surface area contributed by atoms with Crippen molar-refractivity contribution in [3.8, 4) is 0 Å². The number of nitrogens with zero attached hydrogens (tertiary/aromatic N) is 1. The third-order valence-electron chi connectivity index (χ3n) is 4.38. The summed E-state index contributed by atoms with van der Waals surface area (Å²) >= 11 is 0. The van der Waals surface area contributed by atoms with Gasteiger partial charge in [0.2, 0.25) is 5.91 Å². The summed E-state index contributed by atoms with van der Waals surface area (Å²) in [6, 6.07) is 16.6. The van der Waals surface area contributed by atoms with E-state index in [0.717, 1.165) is 24.2 Å². The van der Waals surface area contributed by atoms with Gasteiger partial charge in [0, 0.05) is 31.4 Å².